The fraction of sp³-hybridized carbons (Fsp3) is 0.353. The van der Waals surface area contributed by atoms with E-state index >= 15 is 0 Å². The van der Waals surface area contributed by atoms with Crippen molar-refractivity contribution in [2.45, 2.75) is 32.0 Å². The van der Waals surface area contributed by atoms with Crippen LogP contribution >= 0.6 is 0 Å². The third-order valence-corrected chi connectivity index (χ3v) is 3.80. The lowest BCUT2D eigenvalue weighted by Crippen LogP contribution is -2.18. The summed E-state index contributed by atoms with van der Waals surface area (Å²) in [7, 11) is 1.40. The Bertz CT molecular complexity index is 612. The predicted octanol–water partition coefficient (Wildman–Crippen LogP) is 2.58. The number of rotatable bonds is 6. The smallest absolute Gasteiger partial charge is 0.337 e. The van der Waals surface area contributed by atoms with Crippen LogP contribution in [0.15, 0.2) is 42.6 Å². The van der Waals surface area contributed by atoms with E-state index in [2.05, 4.69) is 28.2 Å². The minimum atomic E-state index is -0.295. The van der Waals surface area contributed by atoms with E-state index in [4.69, 9.17) is 4.74 Å². The summed E-state index contributed by atoms with van der Waals surface area (Å²) in [5.74, 6) is -0.295. The van der Waals surface area contributed by atoms with E-state index in [0.29, 0.717) is 11.6 Å². The van der Waals surface area contributed by atoms with Gasteiger partial charge in [0.05, 0.1) is 12.7 Å². The summed E-state index contributed by atoms with van der Waals surface area (Å²) in [5, 5.41) is 3.53. The van der Waals surface area contributed by atoms with Gasteiger partial charge in [0.1, 0.15) is 0 Å². The Morgan fingerprint density at radius 3 is 2.71 bits per heavy atom. The second-order valence-electron chi connectivity index (χ2n) is 5.47. The average Bonchev–Trinajstić information content (AvgIpc) is 3.25. The van der Waals surface area contributed by atoms with Gasteiger partial charge >= 0.3 is 5.97 Å². The Balaban J connectivity index is 1.65. The summed E-state index contributed by atoms with van der Waals surface area (Å²) in [6.07, 6.45) is 4.70. The van der Waals surface area contributed by atoms with Crippen molar-refractivity contribution >= 4 is 5.97 Å². The fourth-order valence-electron chi connectivity index (χ4n) is 2.36. The average molecular weight is 284 g/mol. The lowest BCUT2D eigenvalue weighted by atomic mass is 10.1. The molecule has 1 N–H and O–H groups in total. The molecule has 1 fully saturated rings. The van der Waals surface area contributed by atoms with Gasteiger partial charge in [-0.05, 0) is 42.7 Å². The molecule has 4 heteroatoms. The van der Waals surface area contributed by atoms with Gasteiger partial charge in [-0.2, -0.15) is 0 Å². The molecule has 4 nitrogen and oxygen atoms in total. The van der Waals surface area contributed by atoms with Gasteiger partial charge in [-0.25, -0.2) is 4.79 Å². The molecule has 1 aromatic carbocycles. The summed E-state index contributed by atoms with van der Waals surface area (Å²) in [6.45, 7) is 1.73. The molecule has 1 aliphatic rings. The number of ether oxygens (including phenoxy) is 1. The van der Waals surface area contributed by atoms with Gasteiger partial charge in [-0.3, -0.25) is 0 Å². The number of esters is 1. The summed E-state index contributed by atoms with van der Waals surface area (Å²) >= 11 is 0. The first-order chi connectivity index (χ1) is 10.3. The predicted molar refractivity (Wildman–Crippen MR) is 81.2 cm³/mol. The second kappa shape index (κ2) is 6.14. The van der Waals surface area contributed by atoms with Crippen LogP contribution in [0.25, 0.3) is 0 Å². The molecule has 2 aromatic rings. The van der Waals surface area contributed by atoms with Crippen molar-refractivity contribution in [3.63, 3.8) is 0 Å². The number of nitrogens with zero attached hydrogens (tertiary/aromatic N) is 1. The first-order valence-electron chi connectivity index (χ1n) is 7.31. The molecular weight excluding hydrogens is 264 g/mol. The first-order valence-corrected chi connectivity index (χ1v) is 7.31. The maximum absolute atomic E-state index is 11.4. The Morgan fingerprint density at radius 2 is 2.05 bits per heavy atom. The molecular formula is C17H20N2O2. The highest BCUT2D eigenvalue weighted by atomic mass is 16.5. The Hall–Kier alpha value is -2.07. The minimum Gasteiger partial charge on any atom is -0.465 e. The highest BCUT2D eigenvalue weighted by molar-refractivity contribution is 5.89. The summed E-state index contributed by atoms with van der Waals surface area (Å²) < 4.78 is 6.95. The molecule has 110 valence electrons. The van der Waals surface area contributed by atoms with Crippen LogP contribution in [0.4, 0.5) is 0 Å². The third-order valence-electron chi connectivity index (χ3n) is 3.80. The monoisotopic (exact) mass is 284 g/mol. The zero-order valence-corrected chi connectivity index (χ0v) is 12.2. The van der Waals surface area contributed by atoms with E-state index in [0.717, 1.165) is 13.1 Å². The largest absolute Gasteiger partial charge is 0.465 e. The molecule has 0 unspecified atom stereocenters. The molecule has 3 rings (SSSR count). The number of aromatic nitrogens is 1. The second-order valence-corrected chi connectivity index (χ2v) is 5.47. The van der Waals surface area contributed by atoms with Gasteiger partial charge in [0.15, 0.2) is 0 Å². The molecule has 0 aliphatic heterocycles. The number of nitrogens with one attached hydrogen (secondary N) is 1. The van der Waals surface area contributed by atoms with Crippen molar-refractivity contribution in [2.75, 3.05) is 7.11 Å². The molecule has 1 heterocycles. The van der Waals surface area contributed by atoms with Crippen molar-refractivity contribution in [3.8, 4) is 0 Å². The number of carbonyl (C=O) groups is 1. The summed E-state index contributed by atoms with van der Waals surface area (Å²) in [6, 6.07) is 12.5. The quantitative estimate of drug-likeness (QED) is 0.829. The van der Waals surface area contributed by atoms with Crippen LogP contribution in [0.5, 0.6) is 0 Å². The van der Waals surface area contributed by atoms with E-state index in [1.54, 1.807) is 0 Å². The summed E-state index contributed by atoms with van der Waals surface area (Å²) in [5.41, 5.74) is 3.05. The number of carbonyl (C=O) groups excluding carboxylic acids is 1. The molecule has 0 saturated heterocycles. The highest BCUT2D eigenvalue weighted by Gasteiger charge is 2.20. The highest BCUT2D eigenvalue weighted by Crippen LogP contribution is 2.19. The van der Waals surface area contributed by atoms with Crippen LogP contribution in [-0.2, 0) is 17.8 Å². The zero-order valence-electron chi connectivity index (χ0n) is 12.2. The maximum atomic E-state index is 11.4. The van der Waals surface area contributed by atoms with Crippen LogP contribution in [-0.4, -0.2) is 23.7 Å². The molecule has 1 aliphatic carbocycles. The van der Waals surface area contributed by atoms with Crippen molar-refractivity contribution in [3.05, 3.63) is 59.4 Å². The van der Waals surface area contributed by atoms with Gasteiger partial charge in [0, 0.05) is 31.0 Å². The van der Waals surface area contributed by atoms with Gasteiger partial charge < -0.3 is 14.6 Å². The van der Waals surface area contributed by atoms with E-state index in [1.807, 2.05) is 24.3 Å². The number of hydrogen-bond donors (Lipinski definition) is 1. The molecule has 1 aromatic heterocycles. The van der Waals surface area contributed by atoms with Gasteiger partial charge in [-0.15, -0.1) is 0 Å². The van der Waals surface area contributed by atoms with Crippen LogP contribution < -0.4 is 5.32 Å². The minimum absolute atomic E-state index is 0.295. The summed E-state index contributed by atoms with van der Waals surface area (Å²) in [4.78, 5) is 11.4. The number of methoxy groups -OCH3 is 1. The van der Waals surface area contributed by atoms with Gasteiger partial charge in [-0.1, -0.05) is 12.1 Å². The van der Waals surface area contributed by atoms with E-state index in [-0.39, 0.29) is 5.97 Å². The zero-order chi connectivity index (χ0) is 14.7. The van der Waals surface area contributed by atoms with Crippen molar-refractivity contribution in [1.29, 1.82) is 0 Å². The Kier molecular flexibility index (Phi) is 4.06. The topological polar surface area (TPSA) is 43.3 Å². The standard InChI is InChI=1S/C17H20N2O2/c1-21-17(20)14-6-4-13(5-7-14)12-19-10-2-3-16(19)11-18-15-8-9-15/h2-7,10,15,18H,8-9,11-12H2,1H3. The lowest BCUT2D eigenvalue weighted by Gasteiger charge is -2.10. The Morgan fingerprint density at radius 1 is 1.29 bits per heavy atom. The van der Waals surface area contributed by atoms with Crippen LogP contribution in [0.1, 0.15) is 34.5 Å². The molecule has 0 amide bonds. The SMILES string of the molecule is COC(=O)c1ccc(Cn2cccc2CNC2CC2)cc1. The van der Waals surface area contributed by atoms with Crippen molar-refractivity contribution in [1.82, 2.24) is 9.88 Å². The number of hydrogen-bond acceptors (Lipinski definition) is 3. The normalized spacial score (nSPS) is 14.1. The van der Waals surface area contributed by atoms with E-state index < -0.39 is 0 Å². The lowest BCUT2D eigenvalue weighted by molar-refractivity contribution is 0.0600. The number of benzene rings is 1. The third kappa shape index (κ3) is 3.52. The molecule has 0 radical (unpaired) electrons. The van der Waals surface area contributed by atoms with Crippen LogP contribution in [0, 0.1) is 0 Å². The maximum Gasteiger partial charge on any atom is 0.337 e. The van der Waals surface area contributed by atoms with Gasteiger partial charge in [0.2, 0.25) is 0 Å². The molecule has 0 atom stereocenters. The molecule has 1 saturated carbocycles. The molecule has 0 spiro atoms. The Labute approximate surface area is 124 Å². The van der Waals surface area contributed by atoms with Crippen molar-refractivity contribution < 1.29 is 9.53 Å². The van der Waals surface area contributed by atoms with Crippen LogP contribution in [0.3, 0.4) is 0 Å². The van der Waals surface area contributed by atoms with E-state index in [1.165, 1.54) is 31.2 Å². The molecule has 21 heavy (non-hydrogen) atoms. The van der Waals surface area contributed by atoms with E-state index in [9.17, 15) is 4.79 Å². The van der Waals surface area contributed by atoms with Crippen LogP contribution in [0.2, 0.25) is 0 Å². The first kappa shape index (κ1) is 13.9. The fourth-order valence-corrected chi connectivity index (χ4v) is 2.36. The molecule has 0 bridgehead atoms. The van der Waals surface area contributed by atoms with Gasteiger partial charge in [0.25, 0.3) is 0 Å². The van der Waals surface area contributed by atoms with Crippen molar-refractivity contribution in [2.24, 2.45) is 0 Å².